The van der Waals surface area contributed by atoms with Crippen LogP contribution in [0.3, 0.4) is 0 Å². The van der Waals surface area contributed by atoms with Crippen LogP contribution in [0.15, 0.2) is 48.5 Å². The number of piperazine rings is 1. The van der Waals surface area contributed by atoms with E-state index in [9.17, 15) is 4.79 Å². The monoisotopic (exact) mass is 372 g/mol. The molecule has 5 heteroatoms. The van der Waals surface area contributed by atoms with E-state index in [0.29, 0.717) is 0 Å². The highest BCUT2D eigenvalue weighted by Gasteiger charge is 2.31. The highest BCUT2D eigenvalue weighted by Crippen LogP contribution is 2.24. The van der Waals surface area contributed by atoms with Crippen molar-refractivity contribution >= 4 is 28.9 Å². The van der Waals surface area contributed by atoms with Gasteiger partial charge in [0, 0.05) is 23.4 Å². The largest absolute Gasteiger partial charge is 0.360 e. The predicted octanol–water partition coefficient (Wildman–Crippen LogP) is 2.40. The summed E-state index contributed by atoms with van der Waals surface area (Å²) < 4.78 is 0. The van der Waals surface area contributed by atoms with Gasteiger partial charge < -0.3 is 14.7 Å². The molecule has 1 fully saturated rings. The first kappa shape index (κ1) is 18.7. The number of carbonyl (C=O) groups is 1. The lowest BCUT2D eigenvalue weighted by Crippen LogP contribution is -3.19. The van der Waals surface area contributed by atoms with Crippen LogP contribution in [0.5, 0.6) is 0 Å². The van der Waals surface area contributed by atoms with E-state index in [0.717, 1.165) is 36.9 Å². The summed E-state index contributed by atoms with van der Waals surface area (Å²) in [6.45, 7) is 7.92. The maximum Gasteiger partial charge on any atom is 0.284 e. The number of amides is 1. The van der Waals surface area contributed by atoms with Crippen LogP contribution >= 0.6 is 11.6 Å². The molecule has 2 aromatic carbocycles. The summed E-state index contributed by atoms with van der Waals surface area (Å²) in [6, 6.07) is 15.8. The van der Waals surface area contributed by atoms with E-state index in [1.807, 2.05) is 56.4 Å². The van der Waals surface area contributed by atoms with Gasteiger partial charge in [-0.05, 0) is 43.7 Å². The number of hydrogen-bond acceptors (Lipinski definition) is 2. The average molecular weight is 373 g/mol. The van der Waals surface area contributed by atoms with Crippen molar-refractivity contribution in [3.05, 3.63) is 59.1 Å². The minimum Gasteiger partial charge on any atom is -0.360 e. The number of likely N-dealkylation sites (N-methyl/N-ethyl adjacent to an activating group) is 1. The van der Waals surface area contributed by atoms with E-state index >= 15 is 0 Å². The van der Waals surface area contributed by atoms with Crippen molar-refractivity contribution in [2.75, 3.05) is 43.0 Å². The SMILES string of the molecule is Cc1ccc(Cl)cc1N1CC[NH+]([C@@H](C)C(=O)N(C)c2ccccc2)CC1. The number of aryl methyl sites for hydroxylation is 1. The smallest absolute Gasteiger partial charge is 0.284 e. The van der Waals surface area contributed by atoms with Gasteiger partial charge >= 0.3 is 0 Å². The second-order valence-electron chi connectivity index (χ2n) is 7.03. The van der Waals surface area contributed by atoms with Gasteiger partial charge in [0.2, 0.25) is 0 Å². The van der Waals surface area contributed by atoms with E-state index < -0.39 is 0 Å². The van der Waals surface area contributed by atoms with Gasteiger partial charge in [-0.1, -0.05) is 35.9 Å². The Labute approximate surface area is 161 Å². The molecule has 138 valence electrons. The van der Waals surface area contributed by atoms with E-state index in [-0.39, 0.29) is 11.9 Å². The normalized spacial score (nSPS) is 16.4. The quantitative estimate of drug-likeness (QED) is 0.892. The van der Waals surface area contributed by atoms with Gasteiger partial charge in [-0.15, -0.1) is 0 Å². The van der Waals surface area contributed by atoms with Crippen molar-refractivity contribution in [1.29, 1.82) is 0 Å². The van der Waals surface area contributed by atoms with E-state index in [1.54, 1.807) is 4.90 Å². The molecule has 0 spiro atoms. The van der Waals surface area contributed by atoms with Crippen LogP contribution in [0.2, 0.25) is 5.02 Å². The highest BCUT2D eigenvalue weighted by molar-refractivity contribution is 6.30. The molecule has 1 aliphatic heterocycles. The van der Waals surface area contributed by atoms with Gasteiger partial charge in [-0.3, -0.25) is 4.79 Å². The standard InChI is InChI=1S/C21H26ClN3O/c1-16-9-10-18(22)15-20(16)25-13-11-24(12-14-25)17(2)21(26)23(3)19-7-5-4-6-8-19/h4-10,15,17H,11-14H2,1-3H3/p+1/t17-/m0/s1. The molecule has 1 heterocycles. The Hall–Kier alpha value is -2.04. The van der Waals surface area contributed by atoms with Gasteiger partial charge in [-0.2, -0.15) is 0 Å². The molecule has 0 radical (unpaired) electrons. The van der Waals surface area contributed by atoms with Gasteiger partial charge in [0.05, 0.1) is 26.2 Å². The zero-order chi connectivity index (χ0) is 18.7. The first-order valence-corrected chi connectivity index (χ1v) is 9.53. The summed E-state index contributed by atoms with van der Waals surface area (Å²) in [6.07, 6.45) is 0. The van der Waals surface area contributed by atoms with Crippen LogP contribution in [0.25, 0.3) is 0 Å². The van der Waals surface area contributed by atoms with Crippen molar-refractivity contribution in [3.8, 4) is 0 Å². The van der Waals surface area contributed by atoms with Crippen LogP contribution in [-0.4, -0.2) is 45.2 Å². The van der Waals surface area contributed by atoms with Crippen molar-refractivity contribution in [2.45, 2.75) is 19.9 Å². The minimum atomic E-state index is -0.0529. The molecule has 2 aromatic rings. The summed E-state index contributed by atoms with van der Waals surface area (Å²) >= 11 is 6.17. The Balaban J connectivity index is 1.62. The van der Waals surface area contributed by atoms with Crippen LogP contribution in [0.1, 0.15) is 12.5 Å². The number of rotatable bonds is 4. The lowest BCUT2D eigenvalue weighted by Gasteiger charge is -2.37. The number of para-hydroxylation sites is 1. The molecule has 0 aromatic heterocycles. The Bertz CT molecular complexity index is 757. The number of halogens is 1. The maximum absolute atomic E-state index is 12.9. The number of anilines is 2. The van der Waals surface area contributed by atoms with Crippen LogP contribution in [0.4, 0.5) is 11.4 Å². The van der Waals surface area contributed by atoms with E-state index in [4.69, 9.17) is 11.6 Å². The van der Waals surface area contributed by atoms with Gasteiger partial charge in [0.15, 0.2) is 6.04 Å². The predicted molar refractivity (Wildman–Crippen MR) is 108 cm³/mol. The number of benzene rings is 2. The second kappa shape index (κ2) is 8.11. The maximum atomic E-state index is 12.9. The summed E-state index contributed by atoms with van der Waals surface area (Å²) in [7, 11) is 1.86. The van der Waals surface area contributed by atoms with Gasteiger partial charge in [0.1, 0.15) is 0 Å². The summed E-state index contributed by atoms with van der Waals surface area (Å²) in [5.41, 5.74) is 3.39. The van der Waals surface area contributed by atoms with Crippen molar-refractivity contribution in [3.63, 3.8) is 0 Å². The molecule has 1 N–H and O–H groups in total. The Morgan fingerprint density at radius 2 is 1.81 bits per heavy atom. The summed E-state index contributed by atoms with van der Waals surface area (Å²) in [5, 5.41) is 0.772. The Kier molecular flexibility index (Phi) is 5.84. The zero-order valence-corrected chi connectivity index (χ0v) is 16.5. The molecule has 1 atom stereocenters. The molecule has 1 amide bonds. The van der Waals surface area contributed by atoms with Crippen molar-refractivity contribution in [2.24, 2.45) is 0 Å². The Morgan fingerprint density at radius 1 is 1.15 bits per heavy atom. The first-order valence-electron chi connectivity index (χ1n) is 9.15. The third-order valence-corrected chi connectivity index (χ3v) is 5.61. The zero-order valence-electron chi connectivity index (χ0n) is 15.7. The molecule has 0 saturated carbocycles. The lowest BCUT2D eigenvalue weighted by molar-refractivity contribution is -0.914. The fourth-order valence-electron chi connectivity index (χ4n) is 3.64. The molecule has 0 aliphatic carbocycles. The summed E-state index contributed by atoms with van der Waals surface area (Å²) in [4.78, 5) is 18.4. The number of quaternary nitrogens is 1. The molecule has 1 saturated heterocycles. The minimum absolute atomic E-state index is 0.0529. The molecule has 4 nitrogen and oxygen atoms in total. The fraction of sp³-hybridized carbons (Fsp3) is 0.381. The molecule has 0 unspecified atom stereocenters. The van der Waals surface area contributed by atoms with Gasteiger partial charge in [-0.25, -0.2) is 0 Å². The number of nitrogens with one attached hydrogen (secondary N) is 1. The fourth-order valence-corrected chi connectivity index (χ4v) is 3.80. The van der Waals surface area contributed by atoms with E-state index in [2.05, 4.69) is 17.9 Å². The third-order valence-electron chi connectivity index (χ3n) is 5.37. The molecule has 26 heavy (non-hydrogen) atoms. The molecule has 1 aliphatic rings. The van der Waals surface area contributed by atoms with Crippen LogP contribution in [0, 0.1) is 6.92 Å². The topological polar surface area (TPSA) is 28.0 Å². The molecular weight excluding hydrogens is 346 g/mol. The van der Waals surface area contributed by atoms with Crippen molar-refractivity contribution in [1.82, 2.24) is 0 Å². The number of nitrogens with zero attached hydrogens (tertiary/aromatic N) is 2. The number of hydrogen-bond donors (Lipinski definition) is 1. The lowest BCUT2D eigenvalue weighted by atomic mass is 10.1. The van der Waals surface area contributed by atoms with Crippen molar-refractivity contribution < 1.29 is 9.69 Å². The first-order chi connectivity index (χ1) is 12.5. The highest BCUT2D eigenvalue weighted by atomic mass is 35.5. The summed E-state index contributed by atoms with van der Waals surface area (Å²) in [5.74, 6) is 0.165. The second-order valence-corrected chi connectivity index (χ2v) is 7.47. The Morgan fingerprint density at radius 3 is 2.46 bits per heavy atom. The van der Waals surface area contributed by atoms with Crippen LogP contribution < -0.4 is 14.7 Å². The third kappa shape index (κ3) is 4.02. The molecule has 0 bridgehead atoms. The molecule has 3 rings (SSSR count). The van der Waals surface area contributed by atoms with Crippen LogP contribution in [-0.2, 0) is 4.79 Å². The number of carbonyl (C=O) groups excluding carboxylic acids is 1. The molecular formula is C21H27ClN3O+. The van der Waals surface area contributed by atoms with Gasteiger partial charge in [0.25, 0.3) is 5.91 Å². The van der Waals surface area contributed by atoms with E-state index in [1.165, 1.54) is 16.2 Å². The average Bonchev–Trinajstić information content (AvgIpc) is 2.69.